The number of rotatable bonds is 5. The maximum atomic E-state index is 13.1. The predicted molar refractivity (Wildman–Crippen MR) is 117 cm³/mol. The Kier molecular flexibility index (Phi) is 5.52. The van der Waals surface area contributed by atoms with E-state index in [9.17, 15) is 4.39 Å². The second-order valence-electron chi connectivity index (χ2n) is 7.52. The molecule has 1 N–H and O–H groups in total. The Morgan fingerprint density at radius 2 is 1.94 bits per heavy atom. The number of nitrogens with zero attached hydrogens (tertiary/aromatic N) is 4. The highest BCUT2D eigenvalue weighted by atomic mass is 19.1. The molecule has 7 heteroatoms. The van der Waals surface area contributed by atoms with E-state index in [1.807, 2.05) is 36.5 Å². The van der Waals surface area contributed by atoms with Crippen LogP contribution in [-0.4, -0.2) is 39.5 Å². The summed E-state index contributed by atoms with van der Waals surface area (Å²) >= 11 is 0. The molecule has 5 rings (SSSR count). The van der Waals surface area contributed by atoms with E-state index in [0.29, 0.717) is 18.2 Å². The second-order valence-corrected chi connectivity index (χ2v) is 7.52. The van der Waals surface area contributed by atoms with Crippen molar-refractivity contribution in [2.45, 2.75) is 12.6 Å². The third-order valence-corrected chi connectivity index (χ3v) is 5.36. The van der Waals surface area contributed by atoms with Gasteiger partial charge in [0.1, 0.15) is 23.6 Å². The summed E-state index contributed by atoms with van der Waals surface area (Å²) in [7, 11) is 0. The summed E-state index contributed by atoms with van der Waals surface area (Å²) < 4.78 is 19.1. The normalized spacial score (nSPS) is 17.0. The van der Waals surface area contributed by atoms with Gasteiger partial charge in [-0.3, -0.25) is 9.88 Å². The number of fused-ring (bicyclic) bond motifs is 1. The van der Waals surface area contributed by atoms with Gasteiger partial charge in [-0.05, 0) is 42.0 Å². The van der Waals surface area contributed by atoms with Crippen LogP contribution in [0.25, 0.3) is 10.9 Å². The number of ether oxygens (including phenoxy) is 1. The standard InChI is InChI=1S/C24H22FN5O/c25-18-9-10-23(27-14-18)29-24-8-2-7-21(28-24)22-16-30(12-13-31-22)15-17-4-1-6-20-19(17)5-3-11-26-20/h1-11,14,22H,12-13,15-16H2,(H,27,28,29)/t22-/m0/s1. The number of nitrogens with one attached hydrogen (secondary N) is 1. The van der Waals surface area contributed by atoms with Crippen LogP contribution >= 0.6 is 0 Å². The fraction of sp³-hybridized carbons (Fsp3) is 0.208. The third kappa shape index (κ3) is 4.52. The summed E-state index contributed by atoms with van der Waals surface area (Å²) in [5.41, 5.74) is 3.13. The molecular weight excluding hydrogens is 393 g/mol. The van der Waals surface area contributed by atoms with Gasteiger partial charge in [-0.15, -0.1) is 0 Å². The zero-order valence-electron chi connectivity index (χ0n) is 16.9. The van der Waals surface area contributed by atoms with E-state index >= 15 is 0 Å². The number of morpholine rings is 1. The van der Waals surface area contributed by atoms with Crippen molar-refractivity contribution in [3.8, 4) is 0 Å². The predicted octanol–water partition coefficient (Wildman–Crippen LogP) is 4.48. The van der Waals surface area contributed by atoms with Gasteiger partial charge in [-0.25, -0.2) is 14.4 Å². The Labute approximate surface area is 179 Å². The Morgan fingerprint density at radius 3 is 2.84 bits per heavy atom. The molecule has 3 aromatic heterocycles. The van der Waals surface area contributed by atoms with Gasteiger partial charge in [-0.1, -0.05) is 24.3 Å². The Hall–Kier alpha value is -3.42. The highest BCUT2D eigenvalue weighted by Crippen LogP contribution is 2.25. The minimum absolute atomic E-state index is 0.121. The zero-order chi connectivity index (χ0) is 21.0. The van der Waals surface area contributed by atoms with E-state index in [2.05, 4.69) is 38.4 Å². The van der Waals surface area contributed by atoms with Crippen molar-refractivity contribution in [3.63, 3.8) is 0 Å². The number of hydrogen-bond acceptors (Lipinski definition) is 6. The first kappa shape index (κ1) is 19.5. The summed E-state index contributed by atoms with van der Waals surface area (Å²) in [6.45, 7) is 3.10. The zero-order valence-corrected chi connectivity index (χ0v) is 16.9. The van der Waals surface area contributed by atoms with Crippen LogP contribution in [-0.2, 0) is 11.3 Å². The van der Waals surface area contributed by atoms with Gasteiger partial charge in [0.2, 0.25) is 0 Å². The van der Waals surface area contributed by atoms with Gasteiger partial charge in [-0.2, -0.15) is 0 Å². The Morgan fingerprint density at radius 1 is 1.00 bits per heavy atom. The first-order chi connectivity index (χ1) is 15.2. The second kappa shape index (κ2) is 8.75. The number of benzene rings is 1. The van der Waals surface area contributed by atoms with Crippen molar-refractivity contribution >= 4 is 22.5 Å². The molecule has 1 aromatic carbocycles. The summed E-state index contributed by atoms with van der Waals surface area (Å²) in [6, 6.07) is 19.1. The minimum Gasteiger partial charge on any atom is -0.369 e. The summed E-state index contributed by atoms with van der Waals surface area (Å²) in [5, 5.41) is 4.30. The van der Waals surface area contributed by atoms with Crippen LogP contribution in [0.3, 0.4) is 0 Å². The van der Waals surface area contributed by atoms with E-state index in [4.69, 9.17) is 9.72 Å². The average molecular weight is 415 g/mol. The van der Waals surface area contributed by atoms with E-state index in [1.54, 1.807) is 6.07 Å². The van der Waals surface area contributed by atoms with Gasteiger partial charge in [0.05, 0.1) is 24.0 Å². The van der Waals surface area contributed by atoms with Crippen molar-refractivity contribution in [3.05, 3.63) is 90.1 Å². The highest BCUT2D eigenvalue weighted by Gasteiger charge is 2.23. The Balaban J connectivity index is 1.30. The smallest absolute Gasteiger partial charge is 0.141 e. The average Bonchev–Trinajstić information content (AvgIpc) is 2.81. The van der Waals surface area contributed by atoms with Crippen molar-refractivity contribution in [2.24, 2.45) is 0 Å². The number of aromatic nitrogens is 3. The maximum absolute atomic E-state index is 13.1. The van der Waals surface area contributed by atoms with E-state index in [0.717, 1.165) is 30.8 Å². The van der Waals surface area contributed by atoms with Crippen molar-refractivity contribution in [1.29, 1.82) is 0 Å². The lowest BCUT2D eigenvalue weighted by molar-refractivity contribution is -0.0348. The van der Waals surface area contributed by atoms with Crippen LogP contribution in [0.2, 0.25) is 0 Å². The van der Waals surface area contributed by atoms with Gasteiger partial charge in [0, 0.05) is 31.2 Å². The van der Waals surface area contributed by atoms with Crippen molar-refractivity contribution in [1.82, 2.24) is 19.9 Å². The molecule has 1 aliphatic rings. The van der Waals surface area contributed by atoms with E-state index < -0.39 is 0 Å². The number of pyridine rings is 3. The molecule has 156 valence electrons. The van der Waals surface area contributed by atoms with Crippen molar-refractivity contribution in [2.75, 3.05) is 25.0 Å². The molecule has 1 saturated heterocycles. The molecule has 4 aromatic rings. The van der Waals surface area contributed by atoms with Crippen LogP contribution < -0.4 is 5.32 Å². The fourth-order valence-corrected chi connectivity index (χ4v) is 3.85. The third-order valence-electron chi connectivity index (χ3n) is 5.36. The molecule has 4 heterocycles. The molecule has 0 bridgehead atoms. The highest BCUT2D eigenvalue weighted by molar-refractivity contribution is 5.81. The van der Waals surface area contributed by atoms with Crippen LogP contribution in [0.5, 0.6) is 0 Å². The molecule has 0 aliphatic carbocycles. The van der Waals surface area contributed by atoms with Crippen LogP contribution in [0.1, 0.15) is 17.4 Å². The topological polar surface area (TPSA) is 63.2 Å². The molecule has 0 amide bonds. The van der Waals surface area contributed by atoms with E-state index in [1.165, 1.54) is 23.2 Å². The van der Waals surface area contributed by atoms with Crippen LogP contribution in [0.4, 0.5) is 16.0 Å². The van der Waals surface area contributed by atoms with Crippen LogP contribution in [0.15, 0.2) is 73.1 Å². The molecule has 0 radical (unpaired) electrons. The molecule has 0 spiro atoms. The minimum atomic E-state index is -0.370. The number of hydrogen-bond donors (Lipinski definition) is 1. The van der Waals surface area contributed by atoms with Gasteiger partial charge >= 0.3 is 0 Å². The lowest BCUT2D eigenvalue weighted by Crippen LogP contribution is -2.38. The lowest BCUT2D eigenvalue weighted by atomic mass is 10.1. The van der Waals surface area contributed by atoms with Gasteiger partial charge in [0.15, 0.2) is 0 Å². The molecule has 1 aliphatic heterocycles. The van der Waals surface area contributed by atoms with Crippen molar-refractivity contribution < 1.29 is 9.13 Å². The summed E-state index contributed by atoms with van der Waals surface area (Å²) in [4.78, 5) is 15.6. The molecule has 0 saturated carbocycles. The number of anilines is 2. The summed E-state index contributed by atoms with van der Waals surface area (Å²) in [6.07, 6.45) is 2.88. The molecule has 31 heavy (non-hydrogen) atoms. The fourth-order valence-electron chi connectivity index (χ4n) is 3.85. The SMILES string of the molecule is Fc1ccc(Nc2cccc([C@@H]3CN(Cc4cccc5ncccc45)CCO3)n2)nc1. The lowest BCUT2D eigenvalue weighted by Gasteiger charge is -2.33. The number of halogens is 1. The first-order valence-corrected chi connectivity index (χ1v) is 10.3. The molecule has 0 unspecified atom stereocenters. The molecule has 1 fully saturated rings. The van der Waals surface area contributed by atoms with Gasteiger partial charge < -0.3 is 10.1 Å². The van der Waals surface area contributed by atoms with Crippen LogP contribution in [0, 0.1) is 5.82 Å². The quantitative estimate of drug-likeness (QED) is 0.519. The molecule has 1 atom stereocenters. The maximum Gasteiger partial charge on any atom is 0.141 e. The Bertz CT molecular complexity index is 1180. The summed E-state index contributed by atoms with van der Waals surface area (Å²) in [5.74, 6) is 0.823. The molecular formula is C24H22FN5O. The monoisotopic (exact) mass is 415 g/mol. The first-order valence-electron chi connectivity index (χ1n) is 10.3. The van der Waals surface area contributed by atoms with Gasteiger partial charge in [0.25, 0.3) is 0 Å². The largest absolute Gasteiger partial charge is 0.369 e. The van der Waals surface area contributed by atoms with E-state index in [-0.39, 0.29) is 11.9 Å². The molecule has 6 nitrogen and oxygen atoms in total.